The lowest BCUT2D eigenvalue weighted by molar-refractivity contribution is -0.107. The summed E-state index contributed by atoms with van der Waals surface area (Å²) in [6.07, 6.45) is 0.835. The molecule has 15 heavy (non-hydrogen) atoms. The molecule has 0 aliphatic heterocycles. The summed E-state index contributed by atoms with van der Waals surface area (Å²) in [5.74, 6) is 0.692. The van der Waals surface area contributed by atoms with Gasteiger partial charge in [0.25, 0.3) is 0 Å². The van der Waals surface area contributed by atoms with Crippen molar-refractivity contribution in [1.29, 1.82) is 0 Å². The van der Waals surface area contributed by atoms with E-state index in [4.69, 9.17) is 16.1 Å². The Morgan fingerprint density at radius 3 is 2.93 bits per heavy atom. The van der Waals surface area contributed by atoms with Gasteiger partial charge in [0.1, 0.15) is 6.29 Å². The molecule has 0 fully saturated rings. The van der Waals surface area contributed by atoms with Crippen LogP contribution in [0.15, 0.2) is 28.8 Å². The first-order valence-electron chi connectivity index (χ1n) is 4.32. The van der Waals surface area contributed by atoms with Crippen LogP contribution in [0.2, 0.25) is 5.02 Å². The third-order valence-corrected chi connectivity index (χ3v) is 2.17. The predicted octanol–water partition coefficient (Wildman–Crippen LogP) is 2.13. The highest BCUT2D eigenvalue weighted by Crippen LogP contribution is 2.24. The third kappa shape index (κ3) is 2.05. The van der Waals surface area contributed by atoms with Crippen LogP contribution < -0.4 is 0 Å². The van der Waals surface area contributed by atoms with Crippen molar-refractivity contribution in [3.05, 3.63) is 35.2 Å². The Kier molecular flexibility index (Phi) is 2.78. The van der Waals surface area contributed by atoms with Crippen molar-refractivity contribution in [3.8, 4) is 11.4 Å². The standard InChI is InChI=1S/C10H7ClN2O2/c11-8-4-2-1-3-7(8)10-12-9(5-6-14)15-13-10/h1-4,6H,5H2. The fourth-order valence-corrected chi connectivity index (χ4v) is 1.38. The number of halogens is 1. The summed E-state index contributed by atoms with van der Waals surface area (Å²) in [7, 11) is 0. The minimum absolute atomic E-state index is 0.122. The Balaban J connectivity index is 2.37. The molecule has 0 atom stereocenters. The molecular weight excluding hydrogens is 216 g/mol. The highest BCUT2D eigenvalue weighted by molar-refractivity contribution is 6.33. The topological polar surface area (TPSA) is 56.0 Å². The van der Waals surface area contributed by atoms with E-state index in [9.17, 15) is 4.79 Å². The Morgan fingerprint density at radius 2 is 2.20 bits per heavy atom. The van der Waals surface area contributed by atoms with Crippen molar-refractivity contribution < 1.29 is 9.32 Å². The van der Waals surface area contributed by atoms with E-state index in [0.717, 1.165) is 0 Å². The molecule has 5 heteroatoms. The molecule has 1 heterocycles. The molecule has 76 valence electrons. The molecule has 0 bridgehead atoms. The van der Waals surface area contributed by atoms with E-state index in [0.29, 0.717) is 28.6 Å². The van der Waals surface area contributed by atoms with Crippen molar-refractivity contribution >= 4 is 17.9 Å². The molecule has 1 aromatic heterocycles. The molecule has 0 amide bonds. The van der Waals surface area contributed by atoms with Crippen LogP contribution in [0.3, 0.4) is 0 Å². The first-order valence-corrected chi connectivity index (χ1v) is 4.70. The molecule has 0 saturated heterocycles. The number of aldehydes is 1. The molecule has 0 spiro atoms. The summed E-state index contributed by atoms with van der Waals surface area (Å²) in [4.78, 5) is 14.3. The van der Waals surface area contributed by atoms with Crippen LogP contribution in [-0.4, -0.2) is 16.4 Å². The number of carbonyl (C=O) groups is 1. The zero-order valence-electron chi connectivity index (χ0n) is 7.68. The Morgan fingerprint density at radius 1 is 1.40 bits per heavy atom. The largest absolute Gasteiger partial charge is 0.339 e. The first kappa shape index (κ1) is 9.86. The van der Waals surface area contributed by atoms with Crippen molar-refractivity contribution in [3.63, 3.8) is 0 Å². The quantitative estimate of drug-likeness (QED) is 0.747. The number of hydrogen-bond acceptors (Lipinski definition) is 4. The lowest BCUT2D eigenvalue weighted by Crippen LogP contribution is -1.86. The van der Waals surface area contributed by atoms with Crippen LogP contribution in [0.1, 0.15) is 5.89 Å². The van der Waals surface area contributed by atoms with Crippen LogP contribution >= 0.6 is 11.6 Å². The minimum atomic E-state index is 0.122. The van der Waals surface area contributed by atoms with Crippen LogP contribution in [-0.2, 0) is 11.2 Å². The van der Waals surface area contributed by atoms with E-state index in [1.807, 2.05) is 12.1 Å². The molecule has 0 unspecified atom stereocenters. The van der Waals surface area contributed by atoms with Crippen molar-refractivity contribution in [2.45, 2.75) is 6.42 Å². The first-order chi connectivity index (χ1) is 7.31. The van der Waals surface area contributed by atoms with Gasteiger partial charge in [0.2, 0.25) is 11.7 Å². The van der Waals surface area contributed by atoms with Crippen molar-refractivity contribution in [2.75, 3.05) is 0 Å². The van der Waals surface area contributed by atoms with E-state index in [2.05, 4.69) is 10.1 Å². The van der Waals surface area contributed by atoms with Gasteiger partial charge in [0.05, 0.1) is 11.4 Å². The van der Waals surface area contributed by atoms with Gasteiger partial charge in [-0.3, -0.25) is 0 Å². The van der Waals surface area contributed by atoms with E-state index < -0.39 is 0 Å². The van der Waals surface area contributed by atoms with Gasteiger partial charge in [-0.1, -0.05) is 28.9 Å². The van der Waals surface area contributed by atoms with Gasteiger partial charge in [-0.15, -0.1) is 0 Å². The SMILES string of the molecule is O=CCc1nc(-c2ccccc2Cl)no1. The Hall–Kier alpha value is -1.68. The number of nitrogens with zero attached hydrogens (tertiary/aromatic N) is 2. The highest BCUT2D eigenvalue weighted by Gasteiger charge is 2.10. The van der Waals surface area contributed by atoms with Crippen LogP contribution in [0.4, 0.5) is 0 Å². The normalized spacial score (nSPS) is 10.2. The van der Waals surface area contributed by atoms with Crippen molar-refractivity contribution in [2.24, 2.45) is 0 Å². The second kappa shape index (κ2) is 4.23. The summed E-state index contributed by atoms with van der Waals surface area (Å²) in [5, 5.41) is 4.29. The fourth-order valence-electron chi connectivity index (χ4n) is 1.16. The van der Waals surface area contributed by atoms with Gasteiger partial charge >= 0.3 is 0 Å². The lowest BCUT2D eigenvalue weighted by Gasteiger charge is -1.95. The lowest BCUT2D eigenvalue weighted by atomic mass is 10.2. The van der Waals surface area contributed by atoms with Crippen molar-refractivity contribution in [1.82, 2.24) is 10.1 Å². The van der Waals surface area contributed by atoms with E-state index in [1.54, 1.807) is 12.1 Å². The fraction of sp³-hybridized carbons (Fsp3) is 0.100. The summed E-state index contributed by atoms with van der Waals surface area (Å²) in [5.41, 5.74) is 0.695. The molecule has 1 aromatic carbocycles. The highest BCUT2D eigenvalue weighted by atomic mass is 35.5. The summed E-state index contributed by atoms with van der Waals surface area (Å²) in [6, 6.07) is 7.18. The summed E-state index contributed by atoms with van der Waals surface area (Å²) >= 11 is 5.95. The van der Waals surface area contributed by atoms with E-state index in [-0.39, 0.29) is 6.42 Å². The Bertz CT molecular complexity index is 482. The van der Waals surface area contributed by atoms with Crippen LogP contribution in [0, 0.1) is 0 Å². The van der Waals surface area contributed by atoms with Gasteiger partial charge in [-0.25, -0.2) is 0 Å². The molecule has 0 saturated carbocycles. The average Bonchev–Trinajstić information content (AvgIpc) is 2.68. The molecule has 2 rings (SSSR count). The monoisotopic (exact) mass is 222 g/mol. The van der Waals surface area contributed by atoms with Gasteiger partial charge in [-0.05, 0) is 12.1 Å². The van der Waals surface area contributed by atoms with Crippen LogP contribution in [0.5, 0.6) is 0 Å². The maximum absolute atomic E-state index is 10.2. The zero-order chi connectivity index (χ0) is 10.7. The van der Waals surface area contributed by atoms with Gasteiger partial charge in [-0.2, -0.15) is 4.98 Å². The molecule has 4 nitrogen and oxygen atoms in total. The van der Waals surface area contributed by atoms with Gasteiger partial charge in [0, 0.05) is 5.56 Å². The Labute approximate surface area is 90.9 Å². The smallest absolute Gasteiger partial charge is 0.234 e. The number of aromatic nitrogens is 2. The van der Waals surface area contributed by atoms with E-state index >= 15 is 0 Å². The number of hydrogen-bond donors (Lipinski definition) is 0. The average molecular weight is 223 g/mol. The second-order valence-corrected chi connectivity index (χ2v) is 3.27. The minimum Gasteiger partial charge on any atom is -0.339 e. The zero-order valence-corrected chi connectivity index (χ0v) is 8.44. The van der Waals surface area contributed by atoms with Gasteiger partial charge < -0.3 is 9.32 Å². The second-order valence-electron chi connectivity index (χ2n) is 2.86. The number of carbonyl (C=O) groups excluding carboxylic acids is 1. The van der Waals surface area contributed by atoms with Crippen LogP contribution in [0.25, 0.3) is 11.4 Å². The molecule has 0 aliphatic carbocycles. The van der Waals surface area contributed by atoms with E-state index in [1.165, 1.54) is 0 Å². The molecule has 2 aromatic rings. The molecular formula is C10H7ClN2O2. The summed E-state index contributed by atoms with van der Waals surface area (Å²) < 4.78 is 4.86. The van der Waals surface area contributed by atoms with Gasteiger partial charge in [0.15, 0.2) is 0 Å². The third-order valence-electron chi connectivity index (χ3n) is 1.84. The predicted molar refractivity (Wildman–Crippen MR) is 54.5 cm³/mol. The molecule has 0 N–H and O–H groups in total. The molecule has 0 aliphatic rings. The summed E-state index contributed by atoms with van der Waals surface area (Å²) in [6.45, 7) is 0. The number of rotatable bonds is 3. The molecule has 0 radical (unpaired) electrons. The number of benzene rings is 1. The maximum atomic E-state index is 10.2. The maximum Gasteiger partial charge on any atom is 0.234 e.